The van der Waals surface area contributed by atoms with Crippen LogP contribution in [0.4, 0.5) is 0 Å². The van der Waals surface area contributed by atoms with Gasteiger partial charge in [0, 0.05) is 11.8 Å². The predicted molar refractivity (Wildman–Crippen MR) is 88.3 cm³/mol. The second-order valence-corrected chi connectivity index (χ2v) is 6.05. The van der Waals surface area contributed by atoms with Gasteiger partial charge in [-0.25, -0.2) is 0 Å². The zero-order valence-corrected chi connectivity index (χ0v) is 12.6. The molecule has 3 atom stereocenters. The van der Waals surface area contributed by atoms with Crippen LogP contribution in [0.3, 0.4) is 0 Å². The van der Waals surface area contributed by atoms with Gasteiger partial charge >= 0.3 is 0 Å². The third-order valence-electron chi connectivity index (χ3n) is 4.81. The highest BCUT2D eigenvalue weighted by Crippen LogP contribution is 2.45. The van der Waals surface area contributed by atoms with Gasteiger partial charge in [0.05, 0.1) is 24.1 Å². The minimum atomic E-state index is -0.267. The highest BCUT2D eigenvalue weighted by Gasteiger charge is 2.45. The molecule has 2 heterocycles. The molecule has 0 saturated carbocycles. The van der Waals surface area contributed by atoms with Gasteiger partial charge in [0.1, 0.15) is 0 Å². The molecule has 2 aromatic rings. The molecule has 4 rings (SSSR count). The average molecular weight is 300 g/mol. The van der Waals surface area contributed by atoms with Crippen LogP contribution in [0, 0.1) is 17.2 Å². The Labute approximate surface area is 135 Å². The summed E-state index contributed by atoms with van der Waals surface area (Å²) in [5.41, 5.74) is 2.99. The molecule has 0 aliphatic carbocycles. The van der Waals surface area contributed by atoms with E-state index in [4.69, 9.17) is 0 Å². The summed E-state index contributed by atoms with van der Waals surface area (Å²) in [5.74, 6) is -0.0730. The molecule has 3 heteroatoms. The molecule has 1 fully saturated rings. The number of Topliss-reactive ketones (excluding diaryl/α,β-unsaturated/α-hetero) is 1. The van der Waals surface area contributed by atoms with Gasteiger partial charge in [-0.15, -0.1) is 0 Å². The smallest absolute Gasteiger partial charge is 0.185 e. The number of carbonyl (C=O) groups excluding carboxylic acids is 1. The van der Waals surface area contributed by atoms with E-state index in [0.717, 1.165) is 11.1 Å². The Hall–Kier alpha value is -2.86. The van der Waals surface area contributed by atoms with Gasteiger partial charge in [0.2, 0.25) is 0 Å². The molecule has 0 unspecified atom stereocenters. The van der Waals surface area contributed by atoms with E-state index in [9.17, 15) is 10.1 Å². The van der Waals surface area contributed by atoms with E-state index in [2.05, 4.69) is 23.1 Å². The number of ketones is 1. The molecular weight excluding hydrogens is 284 g/mol. The summed E-state index contributed by atoms with van der Waals surface area (Å²) >= 11 is 0. The minimum absolute atomic E-state index is 0.0288. The van der Waals surface area contributed by atoms with Crippen molar-refractivity contribution in [1.29, 1.82) is 5.26 Å². The first-order valence-electron chi connectivity index (χ1n) is 7.83. The fourth-order valence-corrected chi connectivity index (χ4v) is 3.73. The van der Waals surface area contributed by atoms with Crippen molar-refractivity contribution < 1.29 is 4.79 Å². The Morgan fingerprint density at radius 1 is 1.09 bits per heavy atom. The summed E-state index contributed by atoms with van der Waals surface area (Å²) in [6.45, 7) is 0. The van der Waals surface area contributed by atoms with Gasteiger partial charge in [-0.2, -0.15) is 5.26 Å². The third-order valence-corrected chi connectivity index (χ3v) is 4.81. The van der Waals surface area contributed by atoms with Crippen LogP contribution in [0.25, 0.3) is 6.08 Å². The van der Waals surface area contributed by atoms with E-state index in [1.54, 1.807) is 0 Å². The SMILES string of the molecule is N#C[C@H]1C[C@@H](C(=O)c2ccccc2)N2C=Cc3ccccc3[C@H]12. The Bertz CT molecular complexity index is 819. The lowest BCUT2D eigenvalue weighted by Gasteiger charge is -2.33. The van der Waals surface area contributed by atoms with Gasteiger partial charge in [-0.05, 0) is 23.6 Å². The Morgan fingerprint density at radius 2 is 1.83 bits per heavy atom. The van der Waals surface area contributed by atoms with Crippen LogP contribution in [-0.2, 0) is 0 Å². The molecule has 2 aliphatic heterocycles. The van der Waals surface area contributed by atoms with Crippen LogP contribution in [0.1, 0.15) is 33.9 Å². The Kier molecular flexibility index (Phi) is 3.24. The van der Waals surface area contributed by atoms with Crippen LogP contribution >= 0.6 is 0 Å². The van der Waals surface area contributed by atoms with Crippen molar-refractivity contribution in [2.45, 2.75) is 18.5 Å². The summed E-state index contributed by atoms with van der Waals surface area (Å²) < 4.78 is 0. The van der Waals surface area contributed by atoms with Crippen LogP contribution in [-0.4, -0.2) is 16.7 Å². The normalized spacial score (nSPS) is 24.7. The molecule has 23 heavy (non-hydrogen) atoms. The molecule has 0 amide bonds. The summed E-state index contributed by atoms with van der Waals surface area (Å²) in [7, 11) is 0. The maximum atomic E-state index is 12.9. The number of nitrogens with zero attached hydrogens (tertiary/aromatic N) is 2. The number of carbonyl (C=O) groups is 1. The molecule has 1 saturated heterocycles. The summed E-state index contributed by atoms with van der Waals surface area (Å²) in [6, 6.07) is 19.6. The first-order chi connectivity index (χ1) is 11.3. The zero-order valence-electron chi connectivity index (χ0n) is 12.6. The van der Waals surface area contributed by atoms with E-state index in [1.807, 2.05) is 54.7 Å². The summed E-state index contributed by atoms with van der Waals surface area (Å²) in [6.07, 6.45) is 4.60. The van der Waals surface area contributed by atoms with Crippen LogP contribution in [0.5, 0.6) is 0 Å². The maximum absolute atomic E-state index is 12.9. The van der Waals surface area contributed by atoms with Crippen molar-refractivity contribution in [2.24, 2.45) is 5.92 Å². The molecule has 3 nitrogen and oxygen atoms in total. The maximum Gasteiger partial charge on any atom is 0.185 e. The largest absolute Gasteiger partial charge is 0.359 e. The van der Waals surface area contributed by atoms with Crippen molar-refractivity contribution in [3.63, 3.8) is 0 Å². The van der Waals surface area contributed by atoms with E-state index < -0.39 is 0 Å². The van der Waals surface area contributed by atoms with Crippen molar-refractivity contribution in [3.05, 3.63) is 77.5 Å². The average Bonchev–Trinajstić information content (AvgIpc) is 3.01. The number of nitriles is 1. The monoisotopic (exact) mass is 300 g/mol. The van der Waals surface area contributed by atoms with E-state index >= 15 is 0 Å². The van der Waals surface area contributed by atoms with Gasteiger partial charge in [-0.1, -0.05) is 54.6 Å². The van der Waals surface area contributed by atoms with Gasteiger partial charge in [0.15, 0.2) is 5.78 Å². The lowest BCUT2D eigenvalue weighted by atomic mass is 9.89. The molecule has 0 bridgehead atoms. The minimum Gasteiger partial charge on any atom is -0.359 e. The van der Waals surface area contributed by atoms with Crippen LogP contribution < -0.4 is 0 Å². The highest BCUT2D eigenvalue weighted by molar-refractivity contribution is 6.00. The number of rotatable bonds is 2. The quantitative estimate of drug-likeness (QED) is 0.792. The van der Waals surface area contributed by atoms with Crippen LogP contribution in [0.2, 0.25) is 0 Å². The van der Waals surface area contributed by atoms with Crippen molar-refractivity contribution >= 4 is 11.9 Å². The standard InChI is InChI=1S/C20H16N2O/c21-13-16-12-18(20(23)15-7-2-1-3-8-15)22-11-10-14-6-4-5-9-17(14)19(16)22/h1-11,16,18-19H,12H2/t16-,18+,19+/m1/s1. The van der Waals surface area contributed by atoms with Crippen molar-refractivity contribution in [1.82, 2.24) is 4.90 Å². The second-order valence-electron chi connectivity index (χ2n) is 6.05. The fraction of sp³-hybridized carbons (Fsp3) is 0.200. The van der Waals surface area contributed by atoms with E-state index in [-0.39, 0.29) is 23.8 Å². The molecular formula is C20H16N2O. The highest BCUT2D eigenvalue weighted by atomic mass is 16.1. The molecule has 112 valence electrons. The number of fused-ring (bicyclic) bond motifs is 3. The molecule has 2 aromatic carbocycles. The predicted octanol–water partition coefficient (Wildman–Crippen LogP) is 3.81. The zero-order chi connectivity index (χ0) is 15.8. The summed E-state index contributed by atoms with van der Waals surface area (Å²) in [4.78, 5) is 15.0. The van der Waals surface area contributed by atoms with Gasteiger partial charge in [0.25, 0.3) is 0 Å². The first kappa shape index (κ1) is 13.8. The summed E-state index contributed by atoms with van der Waals surface area (Å²) in [5, 5.41) is 9.59. The second kappa shape index (κ2) is 5.40. The van der Waals surface area contributed by atoms with Crippen molar-refractivity contribution in [3.8, 4) is 6.07 Å². The van der Waals surface area contributed by atoms with Crippen LogP contribution in [0.15, 0.2) is 60.8 Å². The Balaban J connectivity index is 1.74. The molecule has 0 spiro atoms. The lowest BCUT2D eigenvalue weighted by molar-refractivity contribution is 0.0885. The lowest BCUT2D eigenvalue weighted by Crippen LogP contribution is -2.35. The number of hydrogen-bond acceptors (Lipinski definition) is 3. The first-order valence-corrected chi connectivity index (χ1v) is 7.83. The van der Waals surface area contributed by atoms with Gasteiger partial charge < -0.3 is 4.90 Å². The molecule has 0 aromatic heterocycles. The molecule has 0 N–H and O–H groups in total. The van der Waals surface area contributed by atoms with E-state index in [1.165, 1.54) is 0 Å². The number of hydrogen-bond donors (Lipinski definition) is 0. The molecule has 0 radical (unpaired) electrons. The van der Waals surface area contributed by atoms with Gasteiger partial charge in [-0.3, -0.25) is 4.79 Å². The molecule has 2 aliphatic rings. The fourth-order valence-electron chi connectivity index (χ4n) is 3.73. The number of benzene rings is 2. The Morgan fingerprint density at radius 3 is 2.61 bits per heavy atom. The third kappa shape index (κ3) is 2.15. The van der Waals surface area contributed by atoms with Crippen molar-refractivity contribution in [2.75, 3.05) is 0 Å². The topological polar surface area (TPSA) is 44.1 Å². The van der Waals surface area contributed by atoms with E-state index in [0.29, 0.717) is 12.0 Å².